The SMILES string of the molecule is CCOC(=O)c1ccc(OC2CCOCC2)nc1.OC1CCOCC1. The van der Waals surface area contributed by atoms with Gasteiger partial charge in [-0.25, -0.2) is 9.78 Å². The number of hydrogen-bond acceptors (Lipinski definition) is 7. The second-order valence-corrected chi connectivity index (χ2v) is 5.88. The van der Waals surface area contributed by atoms with Crippen LogP contribution in [0.15, 0.2) is 18.3 Å². The number of carbonyl (C=O) groups excluding carboxylic acids is 1. The van der Waals surface area contributed by atoms with Crippen molar-refractivity contribution in [2.75, 3.05) is 33.0 Å². The minimum absolute atomic E-state index is 0.0891. The Balaban J connectivity index is 0.000000269. The van der Waals surface area contributed by atoms with Crippen molar-refractivity contribution < 1.29 is 28.8 Å². The maximum absolute atomic E-state index is 11.4. The molecule has 2 aliphatic heterocycles. The smallest absolute Gasteiger partial charge is 0.339 e. The van der Waals surface area contributed by atoms with Gasteiger partial charge in [0, 0.05) is 38.3 Å². The van der Waals surface area contributed by atoms with Gasteiger partial charge in [0.2, 0.25) is 5.88 Å². The minimum atomic E-state index is -0.359. The molecule has 0 bridgehead atoms. The van der Waals surface area contributed by atoms with E-state index in [1.165, 1.54) is 6.20 Å². The molecule has 0 radical (unpaired) electrons. The van der Waals surface area contributed by atoms with Crippen LogP contribution in [-0.4, -0.2) is 61.3 Å². The lowest BCUT2D eigenvalue weighted by Crippen LogP contribution is -2.26. The molecule has 2 aliphatic rings. The standard InChI is InChI=1S/C13H17NO4.C5H10O2/c1-2-17-13(15)10-3-4-12(14-9-10)18-11-5-7-16-8-6-11;6-5-1-3-7-4-2-5/h3-4,9,11H,2,5-8H2,1H3;5-6H,1-4H2. The molecule has 3 heterocycles. The van der Waals surface area contributed by atoms with Gasteiger partial charge in [0.1, 0.15) is 6.10 Å². The summed E-state index contributed by atoms with van der Waals surface area (Å²) in [7, 11) is 0. The van der Waals surface area contributed by atoms with Crippen molar-refractivity contribution in [1.82, 2.24) is 4.98 Å². The van der Waals surface area contributed by atoms with Gasteiger partial charge in [0.15, 0.2) is 0 Å². The summed E-state index contributed by atoms with van der Waals surface area (Å²) >= 11 is 0. The average molecular weight is 353 g/mol. The van der Waals surface area contributed by atoms with E-state index in [0.29, 0.717) is 18.1 Å². The van der Waals surface area contributed by atoms with E-state index < -0.39 is 0 Å². The highest BCUT2D eigenvalue weighted by molar-refractivity contribution is 5.89. The topological polar surface area (TPSA) is 87.1 Å². The summed E-state index contributed by atoms with van der Waals surface area (Å²) in [6.45, 7) is 5.06. The Morgan fingerprint density at radius 3 is 2.28 bits per heavy atom. The van der Waals surface area contributed by atoms with Crippen LogP contribution < -0.4 is 4.74 Å². The van der Waals surface area contributed by atoms with Gasteiger partial charge < -0.3 is 24.1 Å². The Hall–Kier alpha value is -1.70. The normalized spacial score (nSPS) is 18.8. The lowest BCUT2D eigenvalue weighted by molar-refractivity contribution is 0.0140. The van der Waals surface area contributed by atoms with Crippen LogP contribution in [0.1, 0.15) is 43.0 Å². The van der Waals surface area contributed by atoms with Crippen LogP contribution in [0.25, 0.3) is 0 Å². The second kappa shape index (κ2) is 11.0. The van der Waals surface area contributed by atoms with E-state index in [0.717, 1.165) is 52.1 Å². The molecule has 0 atom stereocenters. The molecule has 7 nitrogen and oxygen atoms in total. The van der Waals surface area contributed by atoms with Crippen molar-refractivity contribution in [2.45, 2.75) is 44.8 Å². The number of aliphatic hydroxyl groups excluding tert-OH is 1. The fraction of sp³-hybridized carbons (Fsp3) is 0.667. The summed E-state index contributed by atoms with van der Waals surface area (Å²) in [6, 6.07) is 3.36. The molecule has 140 valence electrons. The Bertz CT molecular complexity index is 495. The third-order valence-electron chi connectivity index (χ3n) is 3.89. The first-order valence-electron chi connectivity index (χ1n) is 8.82. The number of esters is 1. The highest BCUT2D eigenvalue weighted by Crippen LogP contribution is 2.16. The molecule has 0 saturated carbocycles. The third kappa shape index (κ3) is 7.37. The third-order valence-corrected chi connectivity index (χ3v) is 3.89. The first-order valence-corrected chi connectivity index (χ1v) is 8.82. The molecule has 2 saturated heterocycles. The van der Waals surface area contributed by atoms with E-state index in [4.69, 9.17) is 24.1 Å². The molecular weight excluding hydrogens is 326 g/mol. The van der Waals surface area contributed by atoms with Gasteiger partial charge in [0.25, 0.3) is 0 Å². The highest BCUT2D eigenvalue weighted by Gasteiger charge is 2.16. The first-order chi connectivity index (χ1) is 12.2. The van der Waals surface area contributed by atoms with Gasteiger partial charge in [-0.2, -0.15) is 0 Å². The summed E-state index contributed by atoms with van der Waals surface area (Å²) in [5.74, 6) is 0.178. The van der Waals surface area contributed by atoms with Gasteiger partial charge >= 0.3 is 5.97 Å². The van der Waals surface area contributed by atoms with Crippen LogP contribution in [0.4, 0.5) is 0 Å². The molecule has 1 aromatic heterocycles. The highest BCUT2D eigenvalue weighted by atomic mass is 16.5. The summed E-state index contributed by atoms with van der Waals surface area (Å²) < 4.78 is 20.8. The lowest BCUT2D eigenvalue weighted by atomic mass is 10.1. The lowest BCUT2D eigenvalue weighted by Gasteiger charge is -2.22. The van der Waals surface area contributed by atoms with Crippen LogP contribution in [0.5, 0.6) is 5.88 Å². The molecule has 0 spiro atoms. The van der Waals surface area contributed by atoms with E-state index in [1.807, 2.05) is 0 Å². The number of pyridine rings is 1. The van der Waals surface area contributed by atoms with E-state index in [9.17, 15) is 4.79 Å². The zero-order chi connectivity index (χ0) is 17.9. The van der Waals surface area contributed by atoms with Crippen LogP contribution >= 0.6 is 0 Å². The maximum atomic E-state index is 11.4. The monoisotopic (exact) mass is 353 g/mol. The number of rotatable bonds is 4. The van der Waals surface area contributed by atoms with Gasteiger partial charge in [-0.1, -0.05) is 0 Å². The Morgan fingerprint density at radius 1 is 1.16 bits per heavy atom. The molecule has 25 heavy (non-hydrogen) atoms. The van der Waals surface area contributed by atoms with Crippen LogP contribution in [0.3, 0.4) is 0 Å². The van der Waals surface area contributed by atoms with Gasteiger partial charge in [-0.15, -0.1) is 0 Å². The number of aliphatic hydroxyl groups is 1. The number of hydrogen-bond donors (Lipinski definition) is 1. The number of nitrogens with zero attached hydrogens (tertiary/aromatic N) is 1. The first kappa shape index (κ1) is 19.6. The predicted molar refractivity (Wildman–Crippen MR) is 90.7 cm³/mol. The summed E-state index contributed by atoms with van der Waals surface area (Å²) in [4.78, 5) is 15.5. The Labute approximate surface area is 148 Å². The minimum Gasteiger partial charge on any atom is -0.474 e. The zero-order valence-electron chi connectivity index (χ0n) is 14.7. The molecular formula is C18H27NO6. The molecule has 2 fully saturated rings. The van der Waals surface area contributed by atoms with Crippen molar-refractivity contribution >= 4 is 5.97 Å². The van der Waals surface area contributed by atoms with Crippen molar-refractivity contribution in [2.24, 2.45) is 0 Å². The fourth-order valence-electron chi connectivity index (χ4n) is 2.43. The Morgan fingerprint density at radius 2 is 1.80 bits per heavy atom. The van der Waals surface area contributed by atoms with Crippen molar-refractivity contribution in [3.63, 3.8) is 0 Å². The van der Waals surface area contributed by atoms with E-state index in [-0.39, 0.29) is 18.2 Å². The van der Waals surface area contributed by atoms with Gasteiger partial charge in [-0.3, -0.25) is 0 Å². The molecule has 3 rings (SSSR count). The molecule has 1 N–H and O–H groups in total. The van der Waals surface area contributed by atoms with Crippen LogP contribution in [0, 0.1) is 0 Å². The molecule has 0 aromatic carbocycles. The molecule has 0 amide bonds. The van der Waals surface area contributed by atoms with Crippen molar-refractivity contribution in [3.8, 4) is 5.88 Å². The van der Waals surface area contributed by atoms with Gasteiger partial charge in [-0.05, 0) is 25.8 Å². The predicted octanol–water partition coefficient (Wildman–Crippen LogP) is 1.97. The van der Waals surface area contributed by atoms with Crippen molar-refractivity contribution in [1.29, 1.82) is 0 Å². The van der Waals surface area contributed by atoms with E-state index in [1.54, 1.807) is 19.1 Å². The second-order valence-electron chi connectivity index (χ2n) is 5.88. The fourth-order valence-corrected chi connectivity index (χ4v) is 2.43. The molecule has 0 aliphatic carbocycles. The largest absolute Gasteiger partial charge is 0.474 e. The summed E-state index contributed by atoms with van der Waals surface area (Å²) in [5.41, 5.74) is 0.441. The summed E-state index contributed by atoms with van der Waals surface area (Å²) in [6.07, 6.45) is 4.93. The molecule has 1 aromatic rings. The number of carbonyl (C=O) groups is 1. The van der Waals surface area contributed by atoms with Crippen molar-refractivity contribution in [3.05, 3.63) is 23.9 Å². The maximum Gasteiger partial charge on any atom is 0.339 e. The van der Waals surface area contributed by atoms with Crippen LogP contribution in [0.2, 0.25) is 0 Å². The Kier molecular flexibility index (Phi) is 8.65. The van der Waals surface area contributed by atoms with Gasteiger partial charge in [0.05, 0.1) is 31.5 Å². The molecule has 7 heteroatoms. The number of ether oxygens (including phenoxy) is 4. The van der Waals surface area contributed by atoms with E-state index >= 15 is 0 Å². The molecule has 0 unspecified atom stereocenters. The average Bonchev–Trinajstić information content (AvgIpc) is 2.65. The summed E-state index contributed by atoms with van der Waals surface area (Å²) in [5, 5.41) is 8.83. The number of aromatic nitrogens is 1. The quantitative estimate of drug-likeness (QED) is 0.828. The van der Waals surface area contributed by atoms with E-state index in [2.05, 4.69) is 4.98 Å². The van der Waals surface area contributed by atoms with Crippen LogP contribution in [-0.2, 0) is 14.2 Å². The zero-order valence-corrected chi connectivity index (χ0v) is 14.7.